The number of rotatable bonds is 3. The molecule has 0 atom stereocenters. The van der Waals surface area contributed by atoms with Gasteiger partial charge in [0.25, 0.3) is 0 Å². The van der Waals surface area contributed by atoms with Crippen LogP contribution in [-0.4, -0.2) is 0 Å². The summed E-state index contributed by atoms with van der Waals surface area (Å²) in [5.41, 5.74) is 2.56. The SMILES string of the molecule is [2H]c1c([2H])c([2H])c(-c2c3c([2H])c([2H])c([2H])c([2H])c3c(-c3cccc(-c4ccc5oc6cc7ccccc7cc6c5c4)c3)c3c([2H])c([2H])c([2H])c([2H])c23)c([2H])c1[2H]. The molecule has 1 nitrogen and oxygen atoms in total. The lowest BCUT2D eigenvalue weighted by Crippen LogP contribution is -1.91. The average molecular weight is 560 g/mol. The molecule has 0 aliphatic heterocycles. The van der Waals surface area contributed by atoms with Crippen molar-refractivity contribution in [3.8, 4) is 33.4 Å². The fraction of sp³-hybridized carbons (Fsp3) is 0. The van der Waals surface area contributed by atoms with Gasteiger partial charge in [-0.15, -0.1) is 0 Å². The van der Waals surface area contributed by atoms with E-state index in [0.717, 1.165) is 32.7 Å². The van der Waals surface area contributed by atoms with E-state index < -0.39 is 84.1 Å². The van der Waals surface area contributed by atoms with Gasteiger partial charge in [0, 0.05) is 10.8 Å². The lowest BCUT2D eigenvalue weighted by molar-refractivity contribution is 0.669. The van der Waals surface area contributed by atoms with Gasteiger partial charge >= 0.3 is 0 Å². The highest BCUT2D eigenvalue weighted by molar-refractivity contribution is 6.21. The van der Waals surface area contributed by atoms with Crippen LogP contribution in [-0.2, 0) is 0 Å². The van der Waals surface area contributed by atoms with E-state index >= 15 is 0 Å². The molecule has 1 heterocycles. The summed E-state index contributed by atoms with van der Waals surface area (Å²) in [6, 6.07) is 16.6. The second-order valence-electron chi connectivity index (χ2n) is 10.3. The standard InChI is InChI=1S/C42H26O/c1-2-11-27(12-3-1)41-33-17-6-8-19-35(33)42(36-20-9-7-18-34(36)41)32-16-10-15-28(23-32)31-21-22-39-37(25-31)38-24-29-13-4-5-14-30(29)26-40(38)43-39/h1-26H/i1D,2D,3D,6D,7D,8D,9D,11D,12D,17D,18D,19D,20D. The molecule has 1 heteroatoms. The minimum atomic E-state index is -0.712. The maximum absolute atomic E-state index is 9.23. The Morgan fingerprint density at radius 2 is 0.930 bits per heavy atom. The summed E-state index contributed by atoms with van der Waals surface area (Å²) in [5, 5.41) is 3.14. The van der Waals surface area contributed by atoms with Crippen molar-refractivity contribution in [3.05, 3.63) is 157 Å². The van der Waals surface area contributed by atoms with Gasteiger partial charge in [0.05, 0.1) is 17.8 Å². The Bertz CT molecular complexity index is 3130. The van der Waals surface area contributed by atoms with Gasteiger partial charge in [-0.2, -0.15) is 0 Å². The first kappa shape index (κ1) is 14.5. The molecule has 8 aromatic carbocycles. The molecule has 0 aliphatic rings. The fourth-order valence-corrected chi connectivity index (χ4v) is 6.03. The van der Waals surface area contributed by atoms with Gasteiger partial charge in [-0.25, -0.2) is 0 Å². The van der Waals surface area contributed by atoms with E-state index in [2.05, 4.69) is 6.07 Å². The molecule has 0 radical (unpaired) electrons. The van der Waals surface area contributed by atoms with Gasteiger partial charge in [-0.1, -0.05) is 127 Å². The van der Waals surface area contributed by atoms with Crippen LogP contribution in [0.1, 0.15) is 17.8 Å². The molecule has 0 bridgehead atoms. The summed E-state index contributed by atoms with van der Waals surface area (Å²) in [6.45, 7) is 0. The second kappa shape index (κ2) is 9.44. The van der Waals surface area contributed by atoms with Gasteiger partial charge in [0.2, 0.25) is 0 Å². The normalized spacial score (nSPS) is 16.0. The van der Waals surface area contributed by atoms with Crippen LogP contribution in [0.2, 0.25) is 0 Å². The molecule has 200 valence electrons. The first-order chi connectivity index (χ1) is 26.7. The van der Waals surface area contributed by atoms with Crippen molar-refractivity contribution < 1.29 is 22.2 Å². The zero-order valence-corrected chi connectivity index (χ0v) is 22.4. The molecule has 9 aromatic rings. The topological polar surface area (TPSA) is 13.1 Å². The maximum Gasteiger partial charge on any atom is 0.136 e. The summed E-state index contributed by atoms with van der Waals surface area (Å²) in [7, 11) is 0. The first-order valence-corrected chi connectivity index (χ1v) is 13.7. The lowest BCUT2D eigenvalue weighted by atomic mass is 9.85. The molecule has 43 heavy (non-hydrogen) atoms. The van der Waals surface area contributed by atoms with Crippen LogP contribution in [0.3, 0.4) is 0 Å². The van der Waals surface area contributed by atoms with Crippen LogP contribution >= 0.6 is 0 Å². The number of hydrogen-bond donors (Lipinski definition) is 0. The van der Waals surface area contributed by atoms with E-state index in [1.165, 1.54) is 0 Å². The zero-order chi connectivity index (χ0) is 39.6. The van der Waals surface area contributed by atoms with Crippen molar-refractivity contribution in [2.75, 3.05) is 0 Å². The Morgan fingerprint density at radius 1 is 0.372 bits per heavy atom. The smallest absolute Gasteiger partial charge is 0.136 e. The molecule has 0 saturated carbocycles. The molecule has 0 N–H and O–H groups in total. The molecule has 0 aliphatic carbocycles. The van der Waals surface area contributed by atoms with Crippen LogP contribution in [0.15, 0.2) is 162 Å². The predicted octanol–water partition coefficient (Wildman–Crippen LogP) is 12.0. The third kappa shape index (κ3) is 3.79. The lowest BCUT2D eigenvalue weighted by Gasteiger charge is -2.18. The third-order valence-corrected chi connectivity index (χ3v) is 7.95. The minimum absolute atomic E-state index is 0.0771. The van der Waals surface area contributed by atoms with E-state index in [1.807, 2.05) is 54.6 Å². The molecule has 0 fully saturated rings. The highest BCUT2D eigenvalue weighted by Crippen LogP contribution is 2.44. The molecular weight excluding hydrogens is 520 g/mol. The maximum atomic E-state index is 9.23. The van der Waals surface area contributed by atoms with Crippen molar-refractivity contribution >= 4 is 54.3 Å². The number of furan rings is 1. The van der Waals surface area contributed by atoms with E-state index in [9.17, 15) is 5.48 Å². The average Bonchev–Trinajstić information content (AvgIpc) is 3.56. The number of hydrogen-bond acceptors (Lipinski definition) is 1. The molecule has 0 spiro atoms. The van der Waals surface area contributed by atoms with Crippen LogP contribution < -0.4 is 0 Å². The third-order valence-electron chi connectivity index (χ3n) is 7.95. The van der Waals surface area contributed by atoms with E-state index in [-0.39, 0.29) is 32.7 Å². The largest absolute Gasteiger partial charge is 0.456 e. The summed E-state index contributed by atoms with van der Waals surface area (Å²) >= 11 is 0. The van der Waals surface area contributed by atoms with Crippen molar-refractivity contribution in [1.29, 1.82) is 0 Å². The highest BCUT2D eigenvalue weighted by Gasteiger charge is 2.17. The second-order valence-corrected chi connectivity index (χ2v) is 10.3. The Hall–Kier alpha value is -5.66. The Labute approximate surface area is 267 Å². The van der Waals surface area contributed by atoms with Crippen LogP contribution in [0.25, 0.3) is 87.6 Å². The fourth-order valence-electron chi connectivity index (χ4n) is 6.03. The van der Waals surface area contributed by atoms with E-state index in [4.69, 9.17) is 16.8 Å². The Kier molecular flexibility index (Phi) is 3.18. The molecular formula is C42H26O. The van der Waals surface area contributed by atoms with Crippen molar-refractivity contribution in [2.45, 2.75) is 0 Å². The summed E-state index contributed by atoms with van der Waals surface area (Å²) < 4.78 is 121. The van der Waals surface area contributed by atoms with Crippen LogP contribution in [0, 0.1) is 0 Å². The summed E-state index contributed by atoms with van der Waals surface area (Å²) in [4.78, 5) is 0. The van der Waals surface area contributed by atoms with Gasteiger partial charge in [0.1, 0.15) is 11.2 Å². The first-order valence-electron chi connectivity index (χ1n) is 20.2. The van der Waals surface area contributed by atoms with E-state index in [0.29, 0.717) is 16.7 Å². The Morgan fingerprint density at radius 3 is 1.63 bits per heavy atom. The number of benzene rings is 8. The molecule has 0 saturated heterocycles. The van der Waals surface area contributed by atoms with Crippen molar-refractivity contribution in [2.24, 2.45) is 0 Å². The Balaban J connectivity index is 1.42. The summed E-state index contributed by atoms with van der Waals surface area (Å²) in [5.74, 6) is 0. The molecule has 0 amide bonds. The van der Waals surface area contributed by atoms with Crippen LogP contribution in [0.4, 0.5) is 0 Å². The van der Waals surface area contributed by atoms with Crippen LogP contribution in [0.5, 0.6) is 0 Å². The summed E-state index contributed by atoms with van der Waals surface area (Å²) in [6.07, 6.45) is 0. The van der Waals surface area contributed by atoms with Gasteiger partial charge in [-0.3, -0.25) is 0 Å². The van der Waals surface area contributed by atoms with Gasteiger partial charge in [-0.05, 0) is 96.0 Å². The quantitative estimate of drug-likeness (QED) is 0.196. The number of fused-ring (bicyclic) bond motifs is 6. The monoisotopic (exact) mass is 559 g/mol. The van der Waals surface area contributed by atoms with E-state index in [1.54, 1.807) is 18.2 Å². The van der Waals surface area contributed by atoms with Gasteiger partial charge < -0.3 is 4.42 Å². The molecule has 1 aromatic heterocycles. The molecule has 0 unspecified atom stereocenters. The van der Waals surface area contributed by atoms with Crippen molar-refractivity contribution in [3.63, 3.8) is 0 Å². The molecule has 9 rings (SSSR count). The van der Waals surface area contributed by atoms with Crippen molar-refractivity contribution in [1.82, 2.24) is 0 Å². The highest BCUT2D eigenvalue weighted by atomic mass is 16.3. The zero-order valence-electron chi connectivity index (χ0n) is 35.4. The van der Waals surface area contributed by atoms with Gasteiger partial charge in [0.15, 0.2) is 0 Å². The minimum Gasteiger partial charge on any atom is -0.456 e. The predicted molar refractivity (Wildman–Crippen MR) is 183 cm³/mol.